The number of ketones is 1. The van der Waals surface area contributed by atoms with Crippen LogP contribution in [0.25, 0.3) is 0 Å². The van der Waals surface area contributed by atoms with Crippen LogP contribution in [-0.2, 0) is 35.1 Å². The predicted molar refractivity (Wildman–Crippen MR) is 163 cm³/mol. The molecule has 1 N–H and O–H groups in total. The van der Waals surface area contributed by atoms with Crippen LogP contribution in [0.4, 0.5) is 0 Å². The van der Waals surface area contributed by atoms with E-state index in [1.165, 1.54) is 0 Å². The Morgan fingerprint density at radius 1 is 0.767 bits per heavy atom. The Bertz CT molecular complexity index is 1220. The Hall–Kier alpha value is -2.86. The summed E-state index contributed by atoms with van der Waals surface area (Å²) in [5.41, 5.74) is 3.00. The van der Waals surface area contributed by atoms with E-state index in [0.717, 1.165) is 12.8 Å². The van der Waals surface area contributed by atoms with Crippen molar-refractivity contribution in [2.45, 2.75) is 53.0 Å². The largest absolute Gasteiger partial charge is 1.00 e. The van der Waals surface area contributed by atoms with Crippen LogP contribution in [-0.4, -0.2) is 57.4 Å². The summed E-state index contributed by atoms with van der Waals surface area (Å²) in [5, 5.41) is 3.16. The van der Waals surface area contributed by atoms with Crippen LogP contribution in [0.1, 0.15) is 62.4 Å². The molecule has 1 aliphatic heterocycles. The van der Waals surface area contributed by atoms with Crippen molar-refractivity contribution in [3.63, 3.8) is 0 Å². The van der Waals surface area contributed by atoms with E-state index in [9.17, 15) is 14.4 Å². The number of dihydropyridines is 1. The van der Waals surface area contributed by atoms with Gasteiger partial charge in [0.15, 0.2) is 12.4 Å². The maximum absolute atomic E-state index is 13.4. The van der Waals surface area contributed by atoms with Gasteiger partial charge >= 0.3 is 11.9 Å². The fraction of sp³-hybridized carbons (Fsp3) is 0.438. The number of nitrogens with zero attached hydrogens (tertiary/aromatic N) is 1. The fourth-order valence-electron chi connectivity index (χ4n) is 4.60. The molecule has 0 radical (unpaired) electrons. The number of Topliss-reactive ketones (excluding diaryl/α,β-unsaturated/α-hetero) is 1. The average Bonchev–Trinajstić information content (AvgIpc) is 2.97. The number of nitrogens with one attached hydrogen (secondary N) is 1. The van der Waals surface area contributed by atoms with Gasteiger partial charge in [-0.05, 0) is 32.8 Å². The van der Waals surface area contributed by atoms with E-state index in [1.807, 2.05) is 38.1 Å². The molecule has 0 amide bonds. The first-order valence-corrected chi connectivity index (χ1v) is 14.1. The molecule has 0 fully saturated rings. The average molecular weight is 727 g/mol. The van der Waals surface area contributed by atoms with Gasteiger partial charge in [0, 0.05) is 41.8 Å². The first-order valence-electron chi connectivity index (χ1n) is 14.1. The molecule has 2 heterocycles. The van der Waals surface area contributed by atoms with Crippen molar-refractivity contribution < 1.29 is 54.9 Å². The molecule has 43 heavy (non-hydrogen) atoms. The van der Waals surface area contributed by atoms with Gasteiger partial charge in [-0.15, -0.1) is 17.0 Å². The van der Waals surface area contributed by atoms with Gasteiger partial charge in [-0.3, -0.25) is 4.79 Å². The van der Waals surface area contributed by atoms with E-state index in [0.29, 0.717) is 46.9 Å². The summed E-state index contributed by atoms with van der Waals surface area (Å²) < 4.78 is 23.8. The lowest BCUT2D eigenvalue weighted by molar-refractivity contribution is -0.683. The number of carbonyl (C=O) groups excluding carboxylic acids is 3. The molecule has 0 saturated carbocycles. The number of pyridine rings is 1. The summed E-state index contributed by atoms with van der Waals surface area (Å²) >= 11 is 0. The molecule has 9 nitrogen and oxygen atoms in total. The quantitative estimate of drug-likeness (QED) is 0.121. The van der Waals surface area contributed by atoms with Crippen molar-refractivity contribution in [2.24, 2.45) is 0 Å². The summed E-state index contributed by atoms with van der Waals surface area (Å²) in [5.74, 6) is -1.95. The Morgan fingerprint density at radius 2 is 1.30 bits per heavy atom. The molecular weight excluding hydrogens is 684 g/mol. The molecule has 3 rings (SSSR count). The molecule has 1 aromatic carbocycles. The van der Waals surface area contributed by atoms with Crippen molar-refractivity contribution in [1.29, 1.82) is 0 Å². The minimum atomic E-state index is -0.774. The van der Waals surface area contributed by atoms with E-state index in [1.54, 1.807) is 49.0 Å². The second-order valence-electron chi connectivity index (χ2n) is 9.73. The number of halogens is 2. The lowest BCUT2D eigenvalue weighted by Crippen LogP contribution is -3.00. The minimum absolute atomic E-state index is 0. The summed E-state index contributed by atoms with van der Waals surface area (Å²) in [7, 11) is 0. The standard InChI is InChI=1S/C32H40N2O7.2BrH/c1-5-15-38-17-19-40-31(36)28-23(3)33-24(4)29(32(37)41-20-18-39-16-6-2)30(28)26-13-10-14-34(21-26)22-27(35)25-11-8-7-9-12-25;;/h7-14,21,30H,5-6,15-20,22H2,1-4H3;2*1H. The number of benzene rings is 1. The van der Waals surface area contributed by atoms with Crippen LogP contribution in [0, 0.1) is 0 Å². The molecule has 1 aromatic heterocycles. The number of esters is 2. The van der Waals surface area contributed by atoms with Crippen LogP contribution in [0.5, 0.6) is 0 Å². The smallest absolute Gasteiger partial charge is 0.336 e. The van der Waals surface area contributed by atoms with Crippen molar-refractivity contribution in [3.05, 3.63) is 88.5 Å². The number of rotatable bonds is 16. The molecule has 0 aliphatic carbocycles. The lowest BCUT2D eigenvalue weighted by atomic mass is 9.81. The Morgan fingerprint density at radius 3 is 1.81 bits per heavy atom. The number of ether oxygens (including phenoxy) is 4. The maximum Gasteiger partial charge on any atom is 0.336 e. The van der Waals surface area contributed by atoms with Gasteiger partial charge in [0.05, 0.1) is 30.3 Å². The third kappa shape index (κ3) is 11.3. The number of aromatic nitrogens is 1. The number of allylic oxidation sites excluding steroid dienone is 2. The van der Waals surface area contributed by atoms with E-state index in [-0.39, 0.29) is 72.7 Å². The third-order valence-corrected chi connectivity index (χ3v) is 6.46. The van der Waals surface area contributed by atoms with Gasteiger partial charge in [-0.1, -0.05) is 44.2 Å². The SMILES string of the molecule is Br.CCCOCCOC(=O)C1=C(C)NC(C)=C(C(=O)OCCOCCC)C1c1ccc[n+](CC(=O)c2ccccc2)c1.[Br-]. The normalized spacial score (nSPS) is 13.0. The second kappa shape index (κ2) is 20.2. The molecular formula is C32H42Br2N2O7. The lowest BCUT2D eigenvalue weighted by Gasteiger charge is -2.30. The van der Waals surface area contributed by atoms with Crippen LogP contribution < -0.4 is 26.9 Å². The molecule has 0 bridgehead atoms. The first kappa shape index (κ1) is 38.2. The Balaban J connectivity index is 0.00000462. The van der Waals surface area contributed by atoms with Crippen LogP contribution in [0.2, 0.25) is 0 Å². The van der Waals surface area contributed by atoms with E-state index in [4.69, 9.17) is 18.9 Å². The highest BCUT2D eigenvalue weighted by Crippen LogP contribution is 2.38. The molecule has 11 heteroatoms. The molecule has 2 aromatic rings. The third-order valence-electron chi connectivity index (χ3n) is 6.46. The Kier molecular flexibility index (Phi) is 17.9. The summed E-state index contributed by atoms with van der Waals surface area (Å²) in [4.78, 5) is 39.8. The highest BCUT2D eigenvalue weighted by molar-refractivity contribution is 8.93. The van der Waals surface area contributed by atoms with Gasteiger partial charge in [-0.25, -0.2) is 9.59 Å². The molecule has 0 unspecified atom stereocenters. The van der Waals surface area contributed by atoms with Gasteiger partial charge in [-0.2, -0.15) is 4.57 Å². The maximum atomic E-state index is 13.4. The Labute approximate surface area is 275 Å². The summed E-state index contributed by atoms with van der Waals surface area (Å²) in [6, 6.07) is 12.7. The van der Waals surface area contributed by atoms with Gasteiger partial charge in [0.1, 0.15) is 13.2 Å². The summed E-state index contributed by atoms with van der Waals surface area (Å²) in [6.45, 7) is 9.53. The molecule has 0 atom stereocenters. The number of hydrogen-bond donors (Lipinski definition) is 1. The highest BCUT2D eigenvalue weighted by atomic mass is 79.9. The second-order valence-corrected chi connectivity index (χ2v) is 9.73. The predicted octanol–water partition coefficient (Wildman–Crippen LogP) is 1.61. The van der Waals surface area contributed by atoms with Crippen molar-refractivity contribution in [3.8, 4) is 0 Å². The zero-order valence-electron chi connectivity index (χ0n) is 25.2. The molecule has 0 saturated heterocycles. The summed E-state index contributed by atoms with van der Waals surface area (Å²) in [6.07, 6.45) is 5.30. The van der Waals surface area contributed by atoms with Crippen molar-refractivity contribution in [1.82, 2.24) is 5.32 Å². The van der Waals surface area contributed by atoms with E-state index in [2.05, 4.69) is 5.32 Å². The first-order chi connectivity index (χ1) is 19.9. The molecule has 0 spiro atoms. The minimum Gasteiger partial charge on any atom is -1.00 e. The zero-order chi connectivity index (χ0) is 29.6. The van der Waals surface area contributed by atoms with Gasteiger partial charge in [0.2, 0.25) is 12.3 Å². The van der Waals surface area contributed by atoms with E-state index >= 15 is 0 Å². The molecule has 236 valence electrons. The number of hydrogen-bond acceptors (Lipinski definition) is 8. The van der Waals surface area contributed by atoms with Crippen molar-refractivity contribution >= 4 is 34.7 Å². The highest BCUT2D eigenvalue weighted by Gasteiger charge is 2.39. The van der Waals surface area contributed by atoms with Crippen molar-refractivity contribution in [2.75, 3.05) is 39.6 Å². The van der Waals surface area contributed by atoms with Crippen LogP contribution in [0.3, 0.4) is 0 Å². The van der Waals surface area contributed by atoms with E-state index < -0.39 is 17.9 Å². The van der Waals surface area contributed by atoms with Gasteiger partial charge in [0.25, 0.3) is 0 Å². The van der Waals surface area contributed by atoms with Gasteiger partial charge < -0.3 is 41.2 Å². The monoisotopic (exact) mass is 724 g/mol. The topological polar surface area (TPSA) is 104 Å². The van der Waals surface area contributed by atoms with Crippen LogP contribution >= 0.6 is 17.0 Å². The zero-order valence-corrected chi connectivity index (χ0v) is 28.5. The number of carbonyl (C=O) groups is 3. The molecule has 1 aliphatic rings. The fourth-order valence-corrected chi connectivity index (χ4v) is 4.60. The van der Waals surface area contributed by atoms with Crippen LogP contribution in [0.15, 0.2) is 77.4 Å².